The smallest absolute Gasteiger partial charge is 0.310 e. The lowest BCUT2D eigenvalue weighted by Crippen LogP contribution is -2.64. The molecule has 0 bridgehead atoms. The van der Waals surface area contributed by atoms with E-state index in [4.69, 9.17) is 28.4 Å². The Morgan fingerprint density at radius 1 is 0.336 bits per heavy atom. The van der Waals surface area contributed by atoms with Crippen molar-refractivity contribution in [2.45, 2.75) is 202 Å². The van der Waals surface area contributed by atoms with Gasteiger partial charge in [-0.3, -0.25) is 86.9 Å². The van der Waals surface area contributed by atoms with Crippen molar-refractivity contribution >= 4 is 88.8 Å². The van der Waals surface area contributed by atoms with Gasteiger partial charge >= 0.3 is 17.9 Å². The molecule has 6 unspecified atom stereocenters. The van der Waals surface area contributed by atoms with E-state index >= 15 is 0 Å². The average Bonchev–Trinajstić information content (AvgIpc) is 1.74. The van der Waals surface area contributed by atoms with Crippen molar-refractivity contribution in [2.24, 2.45) is 0 Å². The lowest BCUT2D eigenvalue weighted by atomic mass is 10.0. The summed E-state index contributed by atoms with van der Waals surface area (Å²) in [5.41, 5.74) is 5.29. The summed E-state index contributed by atoms with van der Waals surface area (Å²) in [5, 5.41) is 24.2. The topological polar surface area (TPSA) is 403 Å². The molecule has 33 heteroatoms. The quantitative estimate of drug-likeness (QED) is 0.0467. The first-order valence-electron chi connectivity index (χ1n) is 40.2. The molecule has 0 spiro atoms. The van der Waals surface area contributed by atoms with E-state index in [0.29, 0.717) is 87.7 Å². The molecule has 12 atom stereocenters. The standard InChI is InChI=1S/C30H32N4O7.2C28H30N4O7/c35-25-13-12-22(31-27(37)18-7-2-1-3-8-18)29(39)34-24(11-6-14-33(25)34)28(38)32-23-17-26(36)41-30(23)40-21-15-19-9-4-5-10-20(19)16-21;2*33-23-14-13-20(29-25(35)19-10-5-2-6-11-19)27(37)32-22(12-7-15-31(23)32)26(36)30-21-16-24(34)39-28(21)38-17-18-8-3-1-4-9-18/h1-5,7-10,21-24,30H,6,11-17H2,(H,31,37)(H,32,38);2*1-6,8-11,20-22,28H,7,12-17H2,(H,29,35)(H,30,36)/t22-,23-,24?,30+;20?,21-,22?,28?;20?,21-,22?,28+/m000/s1. The molecule has 6 aromatic rings. The van der Waals surface area contributed by atoms with Crippen molar-refractivity contribution in [1.29, 1.82) is 0 Å². The molecule has 6 N–H and O–H groups in total. The minimum Gasteiger partial charge on any atom is -0.433 e. The number of rotatable bonds is 20. The number of hydrogen-bond donors (Lipinski definition) is 6. The molecule has 16 rings (SSSR count). The van der Waals surface area contributed by atoms with Crippen LogP contribution in [0.3, 0.4) is 0 Å². The second-order valence-corrected chi connectivity index (χ2v) is 30.4. The molecule has 9 heterocycles. The van der Waals surface area contributed by atoms with Crippen molar-refractivity contribution in [1.82, 2.24) is 62.0 Å². The molecule has 9 saturated heterocycles. The van der Waals surface area contributed by atoms with Gasteiger partial charge in [-0.2, -0.15) is 0 Å². The Hall–Kier alpha value is -12.8. The summed E-state index contributed by atoms with van der Waals surface area (Å²) < 4.78 is 33.7. The maximum Gasteiger partial charge on any atom is 0.310 e. The molecule has 9 fully saturated rings. The third-order valence-corrected chi connectivity index (χ3v) is 22.2. The first kappa shape index (κ1) is 82.8. The second kappa shape index (κ2) is 38.1. The van der Waals surface area contributed by atoms with Gasteiger partial charge in [0.15, 0.2) is 0 Å². The Kier molecular flexibility index (Phi) is 26.5. The van der Waals surface area contributed by atoms with Crippen LogP contribution in [0.2, 0.25) is 0 Å². The molecule has 0 saturated carbocycles. The van der Waals surface area contributed by atoms with Crippen LogP contribution in [0, 0.1) is 0 Å². The van der Waals surface area contributed by atoms with Crippen LogP contribution in [-0.4, -0.2) is 218 Å². The predicted molar refractivity (Wildman–Crippen MR) is 416 cm³/mol. The van der Waals surface area contributed by atoms with Gasteiger partial charge in [-0.25, -0.2) is 15.0 Å². The Morgan fingerprint density at radius 2 is 0.622 bits per heavy atom. The van der Waals surface area contributed by atoms with Gasteiger partial charge in [0.25, 0.3) is 35.4 Å². The normalized spacial score (nSPS) is 25.4. The van der Waals surface area contributed by atoms with Crippen LogP contribution in [0.15, 0.2) is 176 Å². The largest absolute Gasteiger partial charge is 0.433 e. The van der Waals surface area contributed by atoms with E-state index in [1.54, 1.807) is 91.0 Å². The Labute approximate surface area is 684 Å². The first-order valence-corrected chi connectivity index (χ1v) is 40.2. The van der Waals surface area contributed by atoms with Gasteiger partial charge in [0, 0.05) is 55.6 Å². The third-order valence-electron chi connectivity index (χ3n) is 22.2. The van der Waals surface area contributed by atoms with Crippen LogP contribution in [0.5, 0.6) is 0 Å². The lowest BCUT2D eigenvalue weighted by Gasteiger charge is -2.43. The maximum atomic E-state index is 13.7. The van der Waals surface area contributed by atoms with E-state index in [1.807, 2.05) is 84.9 Å². The van der Waals surface area contributed by atoms with Crippen LogP contribution in [0.1, 0.15) is 150 Å². The molecular weight excluding hydrogens is 1540 g/mol. The van der Waals surface area contributed by atoms with Crippen molar-refractivity contribution in [2.75, 3.05) is 19.6 Å². The zero-order valence-corrected chi connectivity index (χ0v) is 65.1. The van der Waals surface area contributed by atoms with E-state index in [9.17, 15) is 71.9 Å². The summed E-state index contributed by atoms with van der Waals surface area (Å²) in [5.74, 6) is -6.78. The molecule has 622 valence electrons. The van der Waals surface area contributed by atoms with Gasteiger partial charge in [0.2, 0.25) is 54.3 Å². The van der Waals surface area contributed by atoms with Gasteiger partial charge in [-0.1, -0.05) is 140 Å². The highest BCUT2D eigenvalue weighted by Gasteiger charge is 2.51. The summed E-state index contributed by atoms with van der Waals surface area (Å²) in [6, 6.07) is 44.1. The van der Waals surface area contributed by atoms with Crippen molar-refractivity contribution in [3.63, 3.8) is 0 Å². The molecule has 9 aliphatic heterocycles. The number of hydrogen-bond acceptors (Lipinski definition) is 21. The Balaban J connectivity index is 0.000000146. The van der Waals surface area contributed by atoms with Gasteiger partial charge in [0.1, 0.15) is 54.4 Å². The number of carbonyl (C=O) groups excluding carboxylic acids is 15. The van der Waals surface area contributed by atoms with Crippen LogP contribution in [-0.2, 0) is 112 Å². The number of esters is 3. The molecule has 12 amide bonds. The molecular formula is C86H92N12O21. The summed E-state index contributed by atoms with van der Waals surface area (Å²) >= 11 is 0. The van der Waals surface area contributed by atoms with Gasteiger partial charge in [-0.15, -0.1) is 0 Å². The number of benzene rings is 6. The molecule has 0 radical (unpaired) electrons. The number of ether oxygens (including phenoxy) is 6. The maximum absolute atomic E-state index is 13.7. The minimum absolute atomic E-state index is 0.0523. The number of carbonyl (C=O) groups is 15. The van der Waals surface area contributed by atoms with Gasteiger partial charge in [0.05, 0.1) is 38.6 Å². The summed E-state index contributed by atoms with van der Waals surface area (Å²) in [6.07, 6.45) is 1.09. The molecule has 33 nitrogen and oxygen atoms in total. The molecule has 6 aromatic carbocycles. The number of amides is 12. The van der Waals surface area contributed by atoms with Crippen LogP contribution in [0.4, 0.5) is 0 Å². The monoisotopic (exact) mass is 1630 g/mol. The van der Waals surface area contributed by atoms with Crippen molar-refractivity contribution < 1.29 is 100 Å². The van der Waals surface area contributed by atoms with Crippen LogP contribution >= 0.6 is 0 Å². The van der Waals surface area contributed by atoms with E-state index < -0.39 is 144 Å². The summed E-state index contributed by atoms with van der Waals surface area (Å²) in [6.45, 7) is 1.25. The average molecular weight is 1630 g/mol. The fourth-order valence-corrected chi connectivity index (χ4v) is 16.2. The number of hydrazine groups is 3. The zero-order chi connectivity index (χ0) is 83.2. The van der Waals surface area contributed by atoms with Gasteiger partial charge in [-0.05, 0) is 129 Å². The number of nitrogens with zero attached hydrogens (tertiary/aromatic N) is 6. The van der Waals surface area contributed by atoms with E-state index in [-0.39, 0.29) is 94.8 Å². The Morgan fingerprint density at radius 3 is 0.941 bits per heavy atom. The molecule has 119 heavy (non-hydrogen) atoms. The summed E-state index contributed by atoms with van der Waals surface area (Å²) in [4.78, 5) is 195. The number of nitrogens with one attached hydrogen (secondary N) is 6. The number of fused-ring (bicyclic) bond motifs is 4. The highest BCUT2D eigenvalue weighted by atomic mass is 16.7. The SMILES string of the molecule is O=C1C[C@H](NC(=O)C2CCCN3C(=O)CCC(NC(=O)c4ccccc4)C(=O)N23)C(OCc2ccccc2)O1.O=C1C[C@H](NC(=O)C2CCCN3C(=O)CCC(NC(=O)c4ccccc4)C(=O)N23)[C@H](OCc2ccccc2)O1.O=C1C[C@H](NC(=O)C2CCCN3C(=O)CC[C@H](NC(=O)c4ccccc4)C(=O)N23)[C@H](OC2Cc3ccccc3C2)O1. The predicted octanol–water partition coefficient (Wildman–Crippen LogP) is 3.83. The van der Waals surface area contributed by atoms with Gasteiger partial charge < -0.3 is 60.3 Å². The van der Waals surface area contributed by atoms with Crippen LogP contribution < -0.4 is 31.9 Å². The van der Waals surface area contributed by atoms with Crippen molar-refractivity contribution in [3.8, 4) is 0 Å². The summed E-state index contributed by atoms with van der Waals surface area (Å²) in [7, 11) is 0. The first-order chi connectivity index (χ1) is 57.7. The molecule has 0 aromatic heterocycles. The Bertz CT molecular complexity index is 4570. The fraction of sp³-hybridized carbons (Fsp3) is 0.407. The van der Waals surface area contributed by atoms with E-state index in [1.165, 1.54) is 41.2 Å². The molecule has 10 aliphatic rings. The fourth-order valence-electron chi connectivity index (χ4n) is 16.2. The van der Waals surface area contributed by atoms with E-state index in [0.717, 1.165) is 11.1 Å². The van der Waals surface area contributed by atoms with Crippen molar-refractivity contribution in [3.05, 3.63) is 215 Å². The third kappa shape index (κ3) is 19.9. The minimum atomic E-state index is -0.991. The number of cyclic esters (lactones) is 3. The van der Waals surface area contributed by atoms with Crippen LogP contribution in [0.25, 0.3) is 0 Å². The zero-order valence-electron chi connectivity index (χ0n) is 65.1. The highest BCUT2D eigenvalue weighted by molar-refractivity contribution is 6.02. The molecule has 1 aliphatic carbocycles. The highest BCUT2D eigenvalue weighted by Crippen LogP contribution is 2.33. The lowest BCUT2D eigenvalue weighted by molar-refractivity contribution is -0.180. The second-order valence-electron chi connectivity index (χ2n) is 30.4. The van der Waals surface area contributed by atoms with E-state index in [2.05, 4.69) is 31.9 Å².